The van der Waals surface area contributed by atoms with Gasteiger partial charge < -0.3 is 19.6 Å². The normalized spacial score (nSPS) is 14.3. The molecule has 92 heavy (non-hydrogen) atoms. The van der Waals surface area contributed by atoms with Gasteiger partial charge in [0.25, 0.3) is 13.4 Å². The van der Waals surface area contributed by atoms with Gasteiger partial charge in [-0.2, -0.15) is 0 Å². The molecule has 12 aromatic rings. The molecule has 0 fully saturated rings. The number of benzene rings is 10. The monoisotopic (exact) mass is 1230 g/mol. The van der Waals surface area contributed by atoms with Crippen molar-refractivity contribution in [3.63, 3.8) is 0 Å². The smallest absolute Gasteiger partial charge is 0.264 e. The van der Waals surface area contributed by atoms with Crippen molar-refractivity contribution in [3.8, 4) is 0 Å². The molecule has 2 aromatic heterocycles. The first-order chi connectivity index (χ1) is 43.9. The summed E-state index contributed by atoms with van der Waals surface area (Å²) < 4.78 is 5.45. The van der Waals surface area contributed by atoms with Gasteiger partial charge in [-0.3, -0.25) is 0 Å². The highest BCUT2D eigenvalue weighted by Gasteiger charge is 2.48. The molecule has 0 N–H and O–H groups in total. The largest absolute Gasteiger partial charge is 0.311 e. The Kier molecular flexibility index (Phi) is 13.2. The fraction of sp³-hybridized carbons (Fsp3) is 0.238. The lowest BCUT2D eigenvalue weighted by Crippen LogP contribution is -2.60. The Morgan fingerprint density at radius 1 is 0.304 bits per heavy atom. The highest BCUT2D eigenvalue weighted by molar-refractivity contribution is 7.34. The van der Waals surface area contributed by atoms with Crippen LogP contribution in [0.2, 0.25) is 0 Å². The summed E-state index contributed by atoms with van der Waals surface area (Å²) in [6.07, 6.45) is 0.827. The van der Waals surface area contributed by atoms with E-state index in [0.29, 0.717) is 0 Å². The lowest BCUT2D eigenvalue weighted by atomic mass is 9.36. The van der Waals surface area contributed by atoms with Gasteiger partial charge in [0, 0.05) is 86.6 Å². The summed E-state index contributed by atoms with van der Waals surface area (Å²) in [6, 6.07) is 84.5. The Morgan fingerprint density at radius 3 is 1.32 bits per heavy atom. The van der Waals surface area contributed by atoms with Gasteiger partial charge in [-0.15, -0.1) is 22.7 Å². The van der Waals surface area contributed by atoms with Crippen molar-refractivity contribution >= 4 is 156 Å². The molecule has 4 aliphatic heterocycles. The van der Waals surface area contributed by atoms with Crippen LogP contribution in [0.3, 0.4) is 0 Å². The molecule has 0 spiro atoms. The van der Waals surface area contributed by atoms with Crippen LogP contribution in [0, 0.1) is 0 Å². The summed E-state index contributed by atoms with van der Waals surface area (Å²) in [5, 5.41) is 2.63. The van der Waals surface area contributed by atoms with Crippen molar-refractivity contribution in [1.29, 1.82) is 0 Å². The maximum Gasteiger partial charge on any atom is 0.264 e. The van der Waals surface area contributed by atoms with Crippen LogP contribution in [0.5, 0.6) is 0 Å². The zero-order chi connectivity index (χ0) is 63.7. The lowest BCUT2D eigenvalue weighted by molar-refractivity contribution is 0.522. The van der Waals surface area contributed by atoms with E-state index in [1.54, 1.807) is 0 Å². The minimum Gasteiger partial charge on any atom is -0.311 e. The van der Waals surface area contributed by atoms with E-state index in [-0.39, 0.29) is 40.5 Å². The highest BCUT2D eigenvalue weighted by Crippen LogP contribution is 2.53. The number of para-hydroxylation sites is 3. The van der Waals surface area contributed by atoms with Gasteiger partial charge in [-0.05, 0) is 192 Å². The van der Waals surface area contributed by atoms with Crippen molar-refractivity contribution in [2.24, 2.45) is 0 Å². The predicted molar refractivity (Wildman–Crippen MR) is 403 cm³/mol. The van der Waals surface area contributed by atoms with Gasteiger partial charge in [0.15, 0.2) is 0 Å². The molecule has 0 amide bonds. The summed E-state index contributed by atoms with van der Waals surface area (Å²) >= 11 is 3.95. The van der Waals surface area contributed by atoms with Gasteiger partial charge >= 0.3 is 0 Å². The van der Waals surface area contributed by atoms with Crippen LogP contribution >= 0.6 is 22.7 Å². The van der Waals surface area contributed by atoms with Crippen LogP contribution in [-0.2, 0) is 33.5 Å². The van der Waals surface area contributed by atoms with E-state index < -0.39 is 0 Å². The number of hydrogen-bond acceptors (Lipinski definition) is 6. The summed E-state index contributed by atoms with van der Waals surface area (Å²) in [5.74, 6) is 0. The Hall–Kier alpha value is -8.55. The molecule has 6 heterocycles. The molecule has 4 aliphatic rings. The van der Waals surface area contributed by atoms with Crippen molar-refractivity contribution in [3.05, 3.63) is 252 Å². The molecule has 16 rings (SSSR count). The lowest BCUT2D eigenvalue weighted by Gasteiger charge is -2.44. The van der Waals surface area contributed by atoms with E-state index >= 15 is 0 Å². The molecular weight excluding hydrogens is 1150 g/mol. The summed E-state index contributed by atoms with van der Waals surface area (Å²) in [6.45, 7) is 33.2. The van der Waals surface area contributed by atoms with E-state index in [1.807, 2.05) is 22.7 Å². The number of fused-ring (bicyclic) bond motifs is 12. The topological polar surface area (TPSA) is 13.0 Å². The van der Waals surface area contributed by atoms with Crippen LogP contribution in [0.4, 0.5) is 68.2 Å². The van der Waals surface area contributed by atoms with Crippen molar-refractivity contribution in [2.45, 2.75) is 130 Å². The van der Waals surface area contributed by atoms with Gasteiger partial charge in [0.05, 0.1) is 11.4 Å². The van der Waals surface area contributed by atoms with Crippen molar-refractivity contribution in [1.82, 2.24) is 0 Å². The van der Waals surface area contributed by atoms with E-state index in [4.69, 9.17) is 0 Å². The second-order valence-electron chi connectivity index (χ2n) is 31.2. The summed E-state index contributed by atoms with van der Waals surface area (Å²) in [4.78, 5) is 10.4. The molecular formula is C84H80B2N4S2. The third-order valence-electron chi connectivity index (χ3n) is 20.4. The van der Waals surface area contributed by atoms with E-state index in [2.05, 4.69) is 335 Å². The third kappa shape index (κ3) is 9.27. The van der Waals surface area contributed by atoms with Gasteiger partial charge in [-0.1, -0.05) is 212 Å². The molecule has 10 aromatic carbocycles. The standard InChI is InChI=1S/C84H80B2N4S2/c1-80(2,3)53-33-39-61(40-34-53)90-71-50-57(83(10,11)12)49-70-75(71)86(79-77(90)63-47-55(81(4,5)6)38-44-73(63)92-79)65-48-56(82(7,8)9)37-43-67(65)88(70)60-41-35-54(36-42-60)84(13,14)51-52-45-68-74-69(46-52)89(59-27-19-16-20-28-59)76-62-29-21-24-32-72(62)91-78(76)85(74)64-30-22-23-31-66(64)87(68)58-25-17-15-18-26-58/h15-50H,51H2,1-14H3. The van der Waals surface area contributed by atoms with Crippen molar-refractivity contribution in [2.75, 3.05) is 19.6 Å². The molecule has 454 valence electrons. The molecule has 4 nitrogen and oxygen atoms in total. The average molecular weight is 1230 g/mol. The second-order valence-corrected chi connectivity index (χ2v) is 33.3. The Labute approximate surface area is 554 Å². The van der Waals surface area contributed by atoms with Crippen LogP contribution < -0.4 is 51.0 Å². The number of thiophene rings is 2. The van der Waals surface area contributed by atoms with Gasteiger partial charge in [0.2, 0.25) is 0 Å². The fourth-order valence-electron chi connectivity index (χ4n) is 15.4. The average Bonchev–Trinajstić information content (AvgIpc) is 1.35. The zero-order valence-corrected chi connectivity index (χ0v) is 57.4. The quantitative estimate of drug-likeness (QED) is 0.147. The predicted octanol–water partition coefficient (Wildman–Crippen LogP) is 20.0. The van der Waals surface area contributed by atoms with Gasteiger partial charge in [0.1, 0.15) is 0 Å². The third-order valence-corrected chi connectivity index (χ3v) is 22.8. The molecule has 0 saturated carbocycles. The minimum atomic E-state index is -0.263. The minimum absolute atomic E-state index is 0.0139. The van der Waals surface area contributed by atoms with E-state index in [0.717, 1.165) is 17.8 Å². The Morgan fingerprint density at radius 2 is 0.717 bits per heavy atom. The maximum atomic E-state index is 2.66. The molecule has 0 unspecified atom stereocenters. The number of rotatable bonds is 7. The molecule has 8 heteroatoms. The Bertz CT molecular complexity index is 4930. The SMILES string of the molecule is CC(C)(C)c1ccc(N2c3cc(C(C)(C)C)cc4c3B(c3cc(C(C)(C)C)ccc3N4c3ccc(C(C)(C)Cc4cc5c6c(c4)N(c4ccccc4)c4c(sc7ccccc47)B6c4ccccc4N5c4ccccc4)cc3)c3sc4ccc(C(C)(C)C)cc4c32)cc1. The van der Waals surface area contributed by atoms with Crippen LogP contribution in [0.25, 0.3) is 20.2 Å². The Balaban J connectivity index is 0.865. The first kappa shape index (κ1) is 58.5. The number of hydrogen-bond donors (Lipinski definition) is 0. The van der Waals surface area contributed by atoms with Crippen LogP contribution in [0.15, 0.2) is 218 Å². The summed E-state index contributed by atoms with van der Waals surface area (Å²) in [7, 11) is 0. The van der Waals surface area contributed by atoms with Crippen molar-refractivity contribution < 1.29 is 0 Å². The number of anilines is 12. The first-order valence-corrected chi connectivity index (χ1v) is 34.7. The zero-order valence-electron chi connectivity index (χ0n) is 55.8. The molecule has 0 radical (unpaired) electrons. The fourth-order valence-corrected chi connectivity index (χ4v) is 18.0. The van der Waals surface area contributed by atoms with Gasteiger partial charge in [-0.25, -0.2) is 0 Å². The van der Waals surface area contributed by atoms with E-state index in [1.165, 1.54) is 142 Å². The summed E-state index contributed by atoms with van der Waals surface area (Å²) in [5.41, 5.74) is 27.7. The molecule has 0 atom stereocenters. The first-order valence-electron chi connectivity index (χ1n) is 33.1. The molecule has 0 bridgehead atoms. The van der Waals surface area contributed by atoms with E-state index in [9.17, 15) is 0 Å². The van der Waals surface area contributed by atoms with Crippen LogP contribution in [-0.4, -0.2) is 13.4 Å². The molecule has 0 saturated heterocycles. The number of nitrogens with zero attached hydrogens (tertiary/aromatic N) is 4. The second kappa shape index (κ2) is 20.7. The molecule has 0 aliphatic carbocycles. The highest BCUT2D eigenvalue weighted by atomic mass is 32.1. The maximum absolute atomic E-state index is 2.66. The van der Waals surface area contributed by atoms with Crippen LogP contribution in [0.1, 0.15) is 130 Å².